The van der Waals surface area contributed by atoms with Crippen LogP contribution in [0.25, 0.3) is 0 Å². The lowest BCUT2D eigenvalue weighted by molar-refractivity contribution is -0.386. The molecule has 9 heteroatoms. The Hall–Kier alpha value is -1.41. The third kappa shape index (κ3) is 3.57. The molecule has 7 nitrogen and oxygen atoms in total. The van der Waals surface area contributed by atoms with E-state index in [0.29, 0.717) is 0 Å². The van der Waals surface area contributed by atoms with E-state index >= 15 is 0 Å². The number of hydrogen-bond acceptors (Lipinski definition) is 6. The van der Waals surface area contributed by atoms with Gasteiger partial charge < -0.3 is 14.9 Å². The Kier molecular flexibility index (Phi) is 5.70. The van der Waals surface area contributed by atoms with E-state index in [2.05, 4.69) is 4.74 Å². The summed E-state index contributed by atoms with van der Waals surface area (Å²) >= 11 is 11.4. The van der Waals surface area contributed by atoms with E-state index in [1.54, 1.807) is 0 Å². The van der Waals surface area contributed by atoms with Crippen LogP contribution in [0.5, 0.6) is 0 Å². The summed E-state index contributed by atoms with van der Waals surface area (Å²) in [5.41, 5.74) is -0.889. The predicted octanol–water partition coefficient (Wildman–Crippen LogP) is 1.86. The van der Waals surface area contributed by atoms with Gasteiger partial charge in [-0.05, 0) is 13.0 Å². The zero-order valence-electron chi connectivity index (χ0n) is 10.2. The maximum atomic E-state index is 11.3. The van der Waals surface area contributed by atoms with Gasteiger partial charge in [0.1, 0.15) is 6.10 Å². The van der Waals surface area contributed by atoms with Crippen molar-refractivity contribution < 1.29 is 24.7 Å². The Morgan fingerprint density at radius 2 is 1.95 bits per heavy atom. The average molecular weight is 324 g/mol. The number of nitrogens with zero attached hydrogens (tertiary/aromatic N) is 1. The zero-order chi connectivity index (χ0) is 15.4. The molecule has 2 unspecified atom stereocenters. The maximum absolute atomic E-state index is 11.3. The second kappa shape index (κ2) is 6.85. The minimum absolute atomic E-state index is 0.00786. The van der Waals surface area contributed by atoms with Gasteiger partial charge >= 0.3 is 5.97 Å². The number of rotatable bonds is 5. The first-order valence-corrected chi connectivity index (χ1v) is 6.21. The Bertz CT molecular complexity index is 536. The molecule has 0 aliphatic carbocycles. The van der Waals surface area contributed by atoms with Crippen molar-refractivity contribution in [2.45, 2.75) is 19.1 Å². The highest BCUT2D eigenvalue weighted by atomic mass is 35.5. The molecule has 110 valence electrons. The van der Waals surface area contributed by atoms with Crippen molar-refractivity contribution in [1.82, 2.24) is 0 Å². The Balaban J connectivity index is 3.20. The number of aliphatic hydroxyl groups is 2. The normalized spacial score (nSPS) is 13.7. The lowest BCUT2D eigenvalue weighted by atomic mass is 10.0. The monoisotopic (exact) mass is 323 g/mol. The molecule has 0 radical (unpaired) electrons. The third-order valence-corrected chi connectivity index (χ3v) is 3.13. The quantitative estimate of drug-likeness (QED) is 0.486. The molecule has 0 aliphatic heterocycles. The number of benzene rings is 1. The molecular formula is C11H11Cl2NO6. The molecule has 2 N–H and O–H groups in total. The molecule has 0 heterocycles. The molecule has 0 fully saturated rings. The number of carbonyl (C=O) groups excluding carboxylic acids is 1. The van der Waals surface area contributed by atoms with Gasteiger partial charge in [0.15, 0.2) is 6.10 Å². The van der Waals surface area contributed by atoms with Gasteiger partial charge in [-0.15, -0.1) is 0 Å². The second-order valence-electron chi connectivity index (χ2n) is 3.72. The van der Waals surface area contributed by atoms with Gasteiger partial charge in [-0.3, -0.25) is 10.1 Å². The SMILES string of the molecule is CCOC(=O)C(O)C(O)c1cc(Cl)c(Cl)cc1[N+](=O)[O-]. The van der Waals surface area contributed by atoms with Crippen LogP contribution in [0.3, 0.4) is 0 Å². The molecule has 0 aromatic heterocycles. The summed E-state index contributed by atoms with van der Waals surface area (Å²) < 4.78 is 4.52. The van der Waals surface area contributed by atoms with Crippen LogP contribution >= 0.6 is 23.2 Å². The van der Waals surface area contributed by atoms with Crippen molar-refractivity contribution in [1.29, 1.82) is 0 Å². The zero-order valence-corrected chi connectivity index (χ0v) is 11.8. The minimum Gasteiger partial charge on any atom is -0.464 e. The second-order valence-corrected chi connectivity index (χ2v) is 4.54. The Morgan fingerprint density at radius 1 is 1.40 bits per heavy atom. The summed E-state index contributed by atoms with van der Waals surface area (Å²) in [4.78, 5) is 21.4. The number of ether oxygens (including phenoxy) is 1. The fraction of sp³-hybridized carbons (Fsp3) is 0.364. The number of hydrogen-bond donors (Lipinski definition) is 2. The summed E-state index contributed by atoms with van der Waals surface area (Å²) in [5.74, 6) is -1.10. The van der Waals surface area contributed by atoms with Crippen LogP contribution in [0.1, 0.15) is 18.6 Å². The first kappa shape index (κ1) is 16.6. The highest BCUT2D eigenvalue weighted by Crippen LogP contribution is 2.35. The van der Waals surface area contributed by atoms with Crippen LogP contribution in [0.15, 0.2) is 12.1 Å². The number of halogens is 2. The Morgan fingerprint density at radius 3 is 2.45 bits per heavy atom. The molecule has 1 aromatic rings. The predicted molar refractivity (Wildman–Crippen MR) is 70.7 cm³/mol. The number of aliphatic hydroxyl groups excluding tert-OH is 2. The van der Waals surface area contributed by atoms with Gasteiger partial charge in [0.25, 0.3) is 5.69 Å². The summed E-state index contributed by atoms with van der Waals surface area (Å²) in [6.45, 7) is 1.50. The summed E-state index contributed by atoms with van der Waals surface area (Å²) in [6, 6.07) is 1.95. The van der Waals surface area contributed by atoms with Crippen LogP contribution in [0.4, 0.5) is 5.69 Å². The molecule has 0 saturated carbocycles. The smallest absolute Gasteiger partial charge is 0.338 e. The number of nitro groups is 1. The fourth-order valence-electron chi connectivity index (χ4n) is 1.47. The first-order chi connectivity index (χ1) is 9.29. The Labute approximate surface area is 123 Å². The van der Waals surface area contributed by atoms with Crippen LogP contribution in [0, 0.1) is 10.1 Å². The molecule has 1 aromatic carbocycles. The van der Waals surface area contributed by atoms with Crippen molar-refractivity contribution in [2.75, 3.05) is 6.61 Å². The molecular weight excluding hydrogens is 313 g/mol. The van der Waals surface area contributed by atoms with Crippen molar-refractivity contribution in [3.05, 3.63) is 37.9 Å². The summed E-state index contributed by atoms with van der Waals surface area (Å²) in [6.07, 6.45) is -3.82. The molecule has 0 aliphatic rings. The van der Waals surface area contributed by atoms with Crippen molar-refractivity contribution in [3.63, 3.8) is 0 Å². The first-order valence-electron chi connectivity index (χ1n) is 5.45. The van der Waals surface area contributed by atoms with Crippen LogP contribution in [0.2, 0.25) is 10.0 Å². The standard InChI is InChI=1S/C11H11Cl2NO6/c1-2-20-11(17)10(16)9(15)5-3-6(12)7(13)4-8(5)14(18)19/h3-4,9-10,15-16H,2H2,1H3. The fourth-order valence-corrected chi connectivity index (χ4v) is 1.80. The number of carbonyl (C=O) groups is 1. The van der Waals surface area contributed by atoms with E-state index in [0.717, 1.165) is 12.1 Å². The molecule has 0 spiro atoms. The summed E-state index contributed by atoms with van der Waals surface area (Å²) in [5, 5.41) is 30.3. The highest BCUT2D eigenvalue weighted by molar-refractivity contribution is 6.42. The minimum atomic E-state index is -1.97. The van der Waals surface area contributed by atoms with Crippen LogP contribution in [-0.4, -0.2) is 33.8 Å². The van der Waals surface area contributed by atoms with Crippen LogP contribution < -0.4 is 0 Å². The third-order valence-electron chi connectivity index (χ3n) is 2.41. The average Bonchev–Trinajstić information content (AvgIpc) is 2.39. The van der Waals surface area contributed by atoms with E-state index in [4.69, 9.17) is 23.2 Å². The van der Waals surface area contributed by atoms with Gasteiger partial charge in [-0.2, -0.15) is 0 Å². The number of esters is 1. The van der Waals surface area contributed by atoms with E-state index in [1.165, 1.54) is 6.92 Å². The van der Waals surface area contributed by atoms with E-state index in [9.17, 15) is 25.1 Å². The van der Waals surface area contributed by atoms with E-state index in [1.807, 2.05) is 0 Å². The molecule has 0 amide bonds. The van der Waals surface area contributed by atoms with E-state index < -0.39 is 28.8 Å². The van der Waals surface area contributed by atoms with Crippen molar-refractivity contribution in [2.24, 2.45) is 0 Å². The molecule has 20 heavy (non-hydrogen) atoms. The highest BCUT2D eigenvalue weighted by Gasteiger charge is 2.32. The van der Waals surface area contributed by atoms with Gasteiger partial charge in [-0.1, -0.05) is 23.2 Å². The molecule has 1 rings (SSSR count). The topological polar surface area (TPSA) is 110 Å². The van der Waals surface area contributed by atoms with Gasteiger partial charge in [0.05, 0.1) is 27.1 Å². The lowest BCUT2D eigenvalue weighted by Crippen LogP contribution is -2.30. The van der Waals surface area contributed by atoms with Crippen molar-refractivity contribution in [3.8, 4) is 0 Å². The number of nitro benzene ring substituents is 1. The van der Waals surface area contributed by atoms with Crippen molar-refractivity contribution >= 4 is 34.9 Å². The molecule has 0 bridgehead atoms. The van der Waals surface area contributed by atoms with Gasteiger partial charge in [0, 0.05) is 6.07 Å². The maximum Gasteiger partial charge on any atom is 0.338 e. The lowest BCUT2D eigenvalue weighted by Gasteiger charge is -2.17. The van der Waals surface area contributed by atoms with Crippen LogP contribution in [-0.2, 0) is 9.53 Å². The summed E-state index contributed by atoms with van der Waals surface area (Å²) in [7, 11) is 0. The van der Waals surface area contributed by atoms with Gasteiger partial charge in [-0.25, -0.2) is 4.79 Å². The molecule has 2 atom stereocenters. The van der Waals surface area contributed by atoms with E-state index in [-0.39, 0.29) is 22.2 Å². The van der Waals surface area contributed by atoms with Gasteiger partial charge in [0.2, 0.25) is 0 Å². The largest absolute Gasteiger partial charge is 0.464 e. The molecule has 0 saturated heterocycles.